The van der Waals surface area contributed by atoms with Crippen LogP contribution in [0.25, 0.3) is 18.2 Å². The molecule has 0 N–H and O–H groups in total. The summed E-state index contributed by atoms with van der Waals surface area (Å²) in [6, 6.07) is 74.0. The summed E-state index contributed by atoms with van der Waals surface area (Å²) in [7, 11) is 1.55. The van der Waals surface area contributed by atoms with Crippen LogP contribution in [0, 0.1) is 45.8 Å². The molecule has 0 bridgehead atoms. The van der Waals surface area contributed by atoms with E-state index in [1.807, 2.05) is 104 Å². The lowest BCUT2D eigenvalue weighted by Gasteiger charge is -2.31. The number of rotatable bonds is 46. The van der Waals surface area contributed by atoms with E-state index in [4.69, 9.17) is 71.6 Å². The second-order valence-corrected chi connectivity index (χ2v) is 33.3. The molecule has 6 unspecified atom stereocenters. The maximum Gasteiger partial charge on any atom is 0.343 e. The van der Waals surface area contributed by atoms with Gasteiger partial charge in [-0.05, 0) is 309 Å². The third kappa shape index (κ3) is 42.7. The lowest BCUT2D eigenvalue weighted by Crippen LogP contribution is -2.37. The molecule has 0 aliphatic heterocycles. The van der Waals surface area contributed by atoms with Gasteiger partial charge in [-0.15, -0.1) is 0 Å². The first kappa shape index (κ1) is 126. The normalized spacial score (nSPS) is 12.8. The van der Waals surface area contributed by atoms with E-state index >= 15 is 0 Å². The number of carbonyl (C=O) groups is 11. The maximum absolute atomic E-state index is 13.9. The predicted molar refractivity (Wildman–Crippen MR) is 565 cm³/mol. The minimum Gasteiger partial charge on any atom is -0.497 e. The fraction of sp³-hybridized carbons (Fsp3) is 0.345. The summed E-state index contributed by atoms with van der Waals surface area (Å²) in [6.07, 6.45) is 16.3. The van der Waals surface area contributed by atoms with Gasteiger partial charge < -0.3 is 66.3 Å². The number of esters is 11. The Morgan fingerprint density at radius 1 is 0.345 bits per heavy atom. The molecule has 26 heteroatoms. The van der Waals surface area contributed by atoms with E-state index in [9.17, 15) is 52.7 Å². The number of methoxy groups -OCH3 is 1. The van der Waals surface area contributed by atoms with Gasteiger partial charge in [0.1, 0.15) is 69.3 Å². The van der Waals surface area contributed by atoms with E-state index in [-0.39, 0.29) is 151 Å². The highest BCUT2D eigenvalue weighted by atomic mass is 16.6. The third-order valence-corrected chi connectivity index (χ3v) is 22.7. The third-order valence-electron chi connectivity index (χ3n) is 22.7. The molecule has 0 radical (unpaired) electrons. The number of benzene rings is 10. The molecule has 0 heterocycles. The average Bonchev–Trinajstić information content (AvgIpc) is 0.819. The van der Waals surface area contributed by atoms with Gasteiger partial charge in [0.25, 0.3) is 0 Å². The van der Waals surface area contributed by atoms with Crippen molar-refractivity contribution in [3.8, 4) is 69.3 Å². The van der Waals surface area contributed by atoms with Crippen molar-refractivity contribution in [3.05, 3.63) is 312 Å². The van der Waals surface area contributed by atoms with Crippen LogP contribution in [0.1, 0.15) is 240 Å². The Morgan fingerprint density at radius 3 is 0.959 bits per heavy atom. The summed E-state index contributed by atoms with van der Waals surface area (Å²) in [5.74, 6) is -5.44. The van der Waals surface area contributed by atoms with Crippen LogP contribution in [0.2, 0.25) is 0 Å². The number of carbonyl (C=O) groups excluding carboxylic acids is 11. The SMILES string of the molecule is C.C.C.C.C.C.C.C.CCC(C)(CC(CC(C)C(=O)OC1CCCCC1)C(=O)OCCCCOc1ccc(C(=O)Oc2ccc(C#N)cc2)cc1)C(=O)Oc1ccc(OC(=O)/C=C/c2ccccc2)cc1.CCC(C)(CC(CC(C)C(=O)Oc1ccc(OC(=O)/C=C/c2ccccc2)cc1)C(=O)OCCCCOc1ccc(C(=O)Oc2ccc(OC)cc2)cc1)C(=O)Oc1ccc(OC(=O)/C=C/c2ccccc2)cc1. The van der Waals surface area contributed by atoms with Crippen molar-refractivity contribution in [2.24, 2.45) is 34.5 Å². The zero-order valence-corrected chi connectivity index (χ0v) is 77.8. The molecule has 776 valence electrons. The molecule has 10 aromatic carbocycles. The Kier molecular flexibility index (Phi) is 56.7. The summed E-state index contributed by atoms with van der Waals surface area (Å²) in [4.78, 5) is 144. The Labute approximate surface area is 856 Å². The number of ether oxygens (including phenoxy) is 14. The minimum absolute atomic E-state index is 0. The highest BCUT2D eigenvalue weighted by Gasteiger charge is 2.42. The molecule has 0 saturated heterocycles. The Balaban J connectivity index is 0.000000939. The molecule has 0 spiro atoms. The van der Waals surface area contributed by atoms with Gasteiger partial charge in [-0.2, -0.15) is 5.26 Å². The van der Waals surface area contributed by atoms with Gasteiger partial charge in [0.2, 0.25) is 0 Å². The summed E-state index contributed by atoms with van der Waals surface area (Å²) in [5.41, 5.74) is 1.34. The fourth-order valence-corrected chi connectivity index (χ4v) is 14.2. The van der Waals surface area contributed by atoms with Crippen LogP contribution >= 0.6 is 0 Å². The molecule has 1 aliphatic carbocycles. The standard InChI is InChI=1S/C60H58O14.C51H55NO11.8CH4/c1-5-60(3,59(66)74-53-34-30-50(31-35-53)71-55(62)37-19-44-16-10-7-11-17-44)41-46(40-42(2)56(63)72-51-32-28-49(29-33-51)70-54(61)36-18-43-14-8-6-9-15-43)57(64)69-39-13-12-38-68-48-22-20-45(21-23-48)58(65)73-52-26-24-47(67-4)25-27-52;1-4-51(3,50(57)63-45-28-26-43(27-29-45)60-46(53)30-19-37-13-7-5-8-14-37)34-40(33-36(2)47(54)61-42-15-9-6-10-16-42)48(55)59-32-12-11-31-58-41-24-20-39(21-25-41)49(56)62-44-22-17-38(35-52)18-23-44;;;;;;;;/h6-11,14-37,42,46H,5,12-13,38-41H2,1-4H3;5,7-8,13-14,17-30,36,40,42H,4,6,9-12,15-16,31-34H2,1-3H3;8*1H4/b36-18+,37-19+;30-19+;;;;;;;;. The van der Waals surface area contributed by atoms with Crippen LogP contribution in [0.5, 0.6) is 63.2 Å². The number of nitrogens with zero attached hydrogens (tertiary/aromatic N) is 1. The van der Waals surface area contributed by atoms with Crippen molar-refractivity contribution in [2.45, 2.75) is 203 Å². The van der Waals surface area contributed by atoms with Gasteiger partial charge in [0.05, 0.1) is 90.8 Å². The Morgan fingerprint density at radius 2 is 0.634 bits per heavy atom. The largest absolute Gasteiger partial charge is 0.497 e. The quantitative estimate of drug-likeness (QED) is 0.0112. The summed E-state index contributed by atoms with van der Waals surface area (Å²) < 4.78 is 78.5. The van der Waals surface area contributed by atoms with Gasteiger partial charge in [-0.1, -0.05) is 185 Å². The Bertz CT molecular complexity index is 5740. The summed E-state index contributed by atoms with van der Waals surface area (Å²) >= 11 is 0. The molecule has 145 heavy (non-hydrogen) atoms. The van der Waals surface area contributed by atoms with Crippen molar-refractivity contribution >= 4 is 83.9 Å². The number of unbranched alkanes of at least 4 members (excludes halogenated alkanes) is 2. The van der Waals surface area contributed by atoms with Crippen LogP contribution in [0.4, 0.5) is 0 Å². The van der Waals surface area contributed by atoms with Crippen LogP contribution in [0.3, 0.4) is 0 Å². The second kappa shape index (κ2) is 65.5. The molecule has 0 amide bonds. The topological polar surface area (TPSA) is 341 Å². The summed E-state index contributed by atoms with van der Waals surface area (Å²) in [6.45, 7) is 11.2. The first-order valence-corrected chi connectivity index (χ1v) is 45.6. The van der Waals surface area contributed by atoms with Crippen molar-refractivity contribution in [1.82, 2.24) is 0 Å². The monoisotopic (exact) mass is 1990 g/mol. The number of hydrogen-bond donors (Lipinski definition) is 0. The van der Waals surface area contributed by atoms with E-state index in [0.29, 0.717) is 90.8 Å². The van der Waals surface area contributed by atoms with Crippen LogP contribution < -0.4 is 52.1 Å². The van der Waals surface area contributed by atoms with Gasteiger partial charge in [-0.3, -0.25) is 28.8 Å². The molecule has 6 atom stereocenters. The number of nitriles is 1. The molecule has 1 aliphatic rings. The van der Waals surface area contributed by atoms with Gasteiger partial charge >= 0.3 is 65.7 Å². The van der Waals surface area contributed by atoms with Crippen molar-refractivity contribution in [3.63, 3.8) is 0 Å². The number of hydrogen-bond acceptors (Lipinski definition) is 26. The van der Waals surface area contributed by atoms with Gasteiger partial charge in [-0.25, -0.2) is 24.0 Å². The fourth-order valence-electron chi connectivity index (χ4n) is 14.2. The smallest absolute Gasteiger partial charge is 0.343 e. The lowest BCUT2D eigenvalue weighted by atomic mass is 9.76. The van der Waals surface area contributed by atoms with Crippen LogP contribution in [0.15, 0.2) is 279 Å². The van der Waals surface area contributed by atoms with E-state index < -0.39 is 94.2 Å². The molecule has 0 aromatic heterocycles. The molecular weight excluding hydrogens is 1840 g/mol. The van der Waals surface area contributed by atoms with E-state index in [2.05, 4.69) is 0 Å². The van der Waals surface area contributed by atoms with Gasteiger partial charge in [0.15, 0.2) is 0 Å². The van der Waals surface area contributed by atoms with Gasteiger partial charge in [0, 0.05) is 18.2 Å². The van der Waals surface area contributed by atoms with E-state index in [0.717, 1.165) is 48.8 Å². The van der Waals surface area contributed by atoms with Crippen molar-refractivity contribution in [1.29, 1.82) is 5.26 Å². The van der Waals surface area contributed by atoms with Crippen molar-refractivity contribution in [2.75, 3.05) is 33.5 Å². The zero-order valence-electron chi connectivity index (χ0n) is 77.8. The second-order valence-electron chi connectivity index (χ2n) is 33.3. The van der Waals surface area contributed by atoms with Crippen LogP contribution in [-0.2, 0) is 57.4 Å². The van der Waals surface area contributed by atoms with Crippen molar-refractivity contribution < 1.29 is 119 Å². The highest BCUT2D eigenvalue weighted by Crippen LogP contribution is 2.39. The molecule has 10 aromatic rings. The lowest BCUT2D eigenvalue weighted by molar-refractivity contribution is -0.159. The zero-order chi connectivity index (χ0) is 97.7. The first-order valence-electron chi connectivity index (χ1n) is 45.6. The van der Waals surface area contributed by atoms with E-state index in [1.165, 1.54) is 91.0 Å². The molecule has 26 nitrogen and oxygen atoms in total. The molecule has 1 saturated carbocycles. The van der Waals surface area contributed by atoms with E-state index in [1.54, 1.807) is 157 Å². The Hall–Kier alpha value is -15.5. The van der Waals surface area contributed by atoms with Crippen LogP contribution in [-0.4, -0.2) is 105 Å². The highest BCUT2D eigenvalue weighted by molar-refractivity contribution is 5.93. The summed E-state index contributed by atoms with van der Waals surface area (Å²) in [5, 5.41) is 8.95. The minimum atomic E-state index is -1.21. The molecular formula is C119H145NO25. The predicted octanol–water partition coefficient (Wildman–Crippen LogP) is 26.6. The average molecular weight is 1990 g/mol. The molecule has 11 rings (SSSR count). The maximum atomic E-state index is 13.9. The first-order chi connectivity index (χ1) is 66.2. The molecule has 1 fully saturated rings.